The van der Waals surface area contributed by atoms with Gasteiger partial charge in [0.25, 0.3) is 0 Å². The van der Waals surface area contributed by atoms with Crippen molar-refractivity contribution in [3.8, 4) is 0 Å². The topological polar surface area (TPSA) is 66.4 Å². The van der Waals surface area contributed by atoms with Gasteiger partial charge in [0.1, 0.15) is 0 Å². The Hall–Kier alpha value is -1.06. The monoisotopic (exact) mass is 241 g/mol. The lowest BCUT2D eigenvalue weighted by molar-refractivity contribution is -0.138. The molecule has 0 aromatic rings. The standard InChI is InChI=1S/C13H23NO3/c1-10(8-13(16)17)7-12(15)14-9-11-5-3-2-4-6-11/h10-11H,2-9H2,1H3,(H,14,15)(H,16,17). The zero-order chi connectivity index (χ0) is 12.7. The molecule has 4 heteroatoms. The third kappa shape index (κ3) is 6.29. The summed E-state index contributed by atoms with van der Waals surface area (Å²) < 4.78 is 0. The number of carboxylic acid groups (broad SMARTS) is 1. The highest BCUT2D eigenvalue weighted by molar-refractivity contribution is 5.77. The first-order valence-electron chi connectivity index (χ1n) is 6.56. The van der Waals surface area contributed by atoms with Gasteiger partial charge in [0.05, 0.1) is 0 Å². The van der Waals surface area contributed by atoms with Crippen LogP contribution in [-0.4, -0.2) is 23.5 Å². The van der Waals surface area contributed by atoms with Gasteiger partial charge in [0.15, 0.2) is 0 Å². The van der Waals surface area contributed by atoms with Crippen molar-refractivity contribution in [2.75, 3.05) is 6.54 Å². The summed E-state index contributed by atoms with van der Waals surface area (Å²) in [5, 5.41) is 11.5. The van der Waals surface area contributed by atoms with Gasteiger partial charge in [0, 0.05) is 19.4 Å². The van der Waals surface area contributed by atoms with E-state index in [0.717, 1.165) is 6.54 Å². The molecule has 4 nitrogen and oxygen atoms in total. The quantitative estimate of drug-likeness (QED) is 0.749. The molecule has 1 saturated carbocycles. The molecule has 0 bridgehead atoms. The third-order valence-corrected chi connectivity index (χ3v) is 3.37. The number of rotatable bonds is 6. The van der Waals surface area contributed by atoms with Gasteiger partial charge in [-0.15, -0.1) is 0 Å². The molecule has 1 aliphatic carbocycles. The van der Waals surface area contributed by atoms with Crippen LogP contribution in [-0.2, 0) is 9.59 Å². The predicted molar refractivity (Wildman–Crippen MR) is 65.6 cm³/mol. The zero-order valence-corrected chi connectivity index (χ0v) is 10.6. The predicted octanol–water partition coefficient (Wildman–Crippen LogP) is 2.18. The van der Waals surface area contributed by atoms with E-state index in [1.54, 1.807) is 6.92 Å². The van der Waals surface area contributed by atoms with Gasteiger partial charge in [-0.1, -0.05) is 26.2 Å². The zero-order valence-electron chi connectivity index (χ0n) is 10.6. The number of carbonyl (C=O) groups is 2. The van der Waals surface area contributed by atoms with Crippen LogP contribution in [0, 0.1) is 11.8 Å². The average Bonchev–Trinajstić information content (AvgIpc) is 2.26. The van der Waals surface area contributed by atoms with Gasteiger partial charge >= 0.3 is 5.97 Å². The molecule has 1 unspecified atom stereocenters. The molecule has 1 fully saturated rings. The van der Waals surface area contributed by atoms with Crippen LogP contribution < -0.4 is 5.32 Å². The van der Waals surface area contributed by atoms with Crippen LogP contribution in [0.3, 0.4) is 0 Å². The number of hydrogen-bond acceptors (Lipinski definition) is 2. The van der Waals surface area contributed by atoms with Crippen molar-refractivity contribution < 1.29 is 14.7 Å². The average molecular weight is 241 g/mol. The van der Waals surface area contributed by atoms with Crippen LogP contribution in [0.1, 0.15) is 51.9 Å². The molecule has 98 valence electrons. The van der Waals surface area contributed by atoms with E-state index in [2.05, 4.69) is 5.32 Å². The molecule has 0 heterocycles. The first-order valence-corrected chi connectivity index (χ1v) is 6.56. The lowest BCUT2D eigenvalue weighted by atomic mass is 9.89. The van der Waals surface area contributed by atoms with E-state index in [-0.39, 0.29) is 18.2 Å². The molecule has 1 aliphatic rings. The van der Waals surface area contributed by atoms with Crippen molar-refractivity contribution in [1.29, 1.82) is 0 Å². The molecule has 0 aromatic heterocycles. The van der Waals surface area contributed by atoms with Crippen LogP contribution in [0.15, 0.2) is 0 Å². The minimum Gasteiger partial charge on any atom is -0.481 e. The second kappa shape index (κ2) is 7.30. The van der Waals surface area contributed by atoms with Crippen molar-refractivity contribution >= 4 is 11.9 Å². The van der Waals surface area contributed by atoms with E-state index < -0.39 is 5.97 Å². The summed E-state index contributed by atoms with van der Waals surface area (Å²) in [7, 11) is 0. The minimum absolute atomic E-state index is 0.00989. The number of hydrogen-bond donors (Lipinski definition) is 2. The van der Waals surface area contributed by atoms with E-state index >= 15 is 0 Å². The molecule has 0 aliphatic heterocycles. The molecule has 17 heavy (non-hydrogen) atoms. The summed E-state index contributed by atoms with van der Waals surface area (Å²) in [5.74, 6) is -0.303. The Morgan fingerprint density at radius 2 is 1.88 bits per heavy atom. The van der Waals surface area contributed by atoms with Gasteiger partial charge in [0.2, 0.25) is 5.91 Å². The molecule has 1 atom stereocenters. The summed E-state index contributed by atoms with van der Waals surface area (Å²) >= 11 is 0. The molecule has 0 saturated heterocycles. The maximum absolute atomic E-state index is 11.6. The summed E-state index contributed by atoms with van der Waals surface area (Å²) in [5.41, 5.74) is 0. The van der Waals surface area contributed by atoms with Crippen LogP contribution in [0.5, 0.6) is 0 Å². The number of aliphatic carboxylic acids is 1. The van der Waals surface area contributed by atoms with Crippen LogP contribution in [0.4, 0.5) is 0 Å². The maximum atomic E-state index is 11.6. The molecule has 0 aromatic carbocycles. The van der Waals surface area contributed by atoms with Crippen molar-refractivity contribution in [2.24, 2.45) is 11.8 Å². The van der Waals surface area contributed by atoms with Crippen molar-refractivity contribution in [3.05, 3.63) is 0 Å². The van der Waals surface area contributed by atoms with Crippen molar-refractivity contribution in [2.45, 2.75) is 51.9 Å². The summed E-state index contributed by atoms with van der Waals surface area (Å²) in [6, 6.07) is 0. The summed E-state index contributed by atoms with van der Waals surface area (Å²) in [6.07, 6.45) is 6.68. The van der Waals surface area contributed by atoms with E-state index in [1.165, 1.54) is 32.1 Å². The number of carboxylic acids is 1. The van der Waals surface area contributed by atoms with E-state index in [4.69, 9.17) is 5.11 Å². The van der Waals surface area contributed by atoms with E-state index in [0.29, 0.717) is 12.3 Å². The second-order valence-corrected chi connectivity index (χ2v) is 5.22. The van der Waals surface area contributed by atoms with Gasteiger partial charge in [-0.05, 0) is 24.7 Å². The molecule has 2 N–H and O–H groups in total. The molecular formula is C13H23NO3. The van der Waals surface area contributed by atoms with E-state index in [1.807, 2.05) is 0 Å². The van der Waals surface area contributed by atoms with Gasteiger partial charge in [-0.25, -0.2) is 0 Å². The lowest BCUT2D eigenvalue weighted by Gasteiger charge is -2.22. The third-order valence-electron chi connectivity index (χ3n) is 3.37. The van der Waals surface area contributed by atoms with E-state index in [9.17, 15) is 9.59 Å². The first kappa shape index (κ1) is 14.0. The maximum Gasteiger partial charge on any atom is 0.303 e. The fraction of sp³-hybridized carbons (Fsp3) is 0.846. The molecule has 0 radical (unpaired) electrons. The first-order chi connectivity index (χ1) is 8.08. The Morgan fingerprint density at radius 1 is 1.24 bits per heavy atom. The summed E-state index contributed by atoms with van der Waals surface area (Å²) in [4.78, 5) is 22.0. The number of amides is 1. The van der Waals surface area contributed by atoms with Crippen LogP contribution >= 0.6 is 0 Å². The molecular weight excluding hydrogens is 218 g/mol. The Morgan fingerprint density at radius 3 is 2.47 bits per heavy atom. The fourth-order valence-electron chi connectivity index (χ4n) is 2.41. The SMILES string of the molecule is CC(CC(=O)O)CC(=O)NCC1CCCCC1. The molecule has 0 spiro atoms. The Labute approximate surface area is 103 Å². The summed E-state index contributed by atoms with van der Waals surface area (Å²) in [6.45, 7) is 2.56. The largest absolute Gasteiger partial charge is 0.481 e. The van der Waals surface area contributed by atoms with Crippen molar-refractivity contribution in [3.63, 3.8) is 0 Å². The minimum atomic E-state index is -0.836. The number of nitrogens with one attached hydrogen (secondary N) is 1. The van der Waals surface area contributed by atoms with Gasteiger partial charge < -0.3 is 10.4 Å². The second-order valence-electron chi connectivity index (χ2n) is 5.22. The highest BCUT2D eigenvalue weighted by atomic mass is 16.4. The Bertz CT molecular complexity index is 259. The fourth-order valence-corrected chi connectivity index (χ4v) is 2.41. The lowest BCUT2D eigenvalue weighted by Crippen LogP contribution is -2.31. The van der Waals surface area contributed by atoms with Gasteiger partial charge in [-0.3, -0.25) is 9.59 Å². The highest BCUT2D eigenvalue weighted by Gasteiger charge is 2.16. The number of carbonyl (C=O) groups excluding carboxylic acids is 1. The Kier molecular flexibility index (Phi) is 6.01. The van der Waals surface area contributed by atoms with Crippen molar-refractivity contribution in [1.82, 2.24) is 5.32 Å². The van der Waals surface area contributed by atoms with Crippen LogP contribution in [0.2, 0.25) is 0 Å². The smallest absolute Gasteiger partial charge is 0.303 e. The van der Waals surface area contributed by atoms with Gasteiger partial charge in [-0.2, -0.15) is 0 Å². The molecule has 1 amide bonds. The highest BCUT2D eigenvalue weighted by Crippen LogP contribution is 2.22. The normalized spacial score (nSPS) is 18.6. The molecule has 1 rings (SSSR count). The van der Waals surface area contributed by atoms with Crippen LogP contribution in [0.25, 0.3) is 0 Å². The Balaban J connectivity index is 2.13.